The minimum Gasteiger partial charge on any atom is -0.465 e. The van der Waals surface area contributed by atoms with Gasteiger partial charge in [-0.3, -0.25) is 4.72 Å². The molecule has 2 heterocycles. The van der Waals surface area contributed by atoms with E-state index in [-0.39, 0.29) is 17.4 Å². The summed E-state index contributed by atoms with van der Waals surface area (Å²) in [7, 11) is -3.97. The second-order valence-corrected chi connectivity index (χ2v) is 11.0. The lowest BCUT2D eigenvalue weighted by molar-refractivity contribution is 0.132. The summed E-state index contributed by atoms with van der Waals surface area (Å²) >= 11 is 0. The number of nitrogens with zero attached hydrogens (tertiary/aromatic N) is 3. The SMILES string of the molecule is O=C(O)N1CCC[C@H](Nc2ncc3cc(-c4ccc(NS(=O)(=O)Cc5ccccc5)c(F)c4F)ccc3n2)C1. The first-order chi connectivity index (χ1) is 18.7. The number of anilines is 2. The topological polar surface area (TPSA) is 125 Å². The predicted molar refractivity (Wildman–Crippen MR) is 144 cm³/mol. The van der Waals surface area contributed by atoms with Crippen LogP contribution >= 0.6 is 0 Å². The van der Waals surface area contributed by atoms with E-state index in [4.69, 9.17) is 0 Å². The molecule has 1 saturated heterocycles. The molecule has 39 heavy (non-hydrogen) atoms. The van der Waals surface area contributed by atoms with Crippen LogP contribution in [-0.2, 0) is 15.8 Å². The Morgan fingerprint density at radius 2 is 1.87 bits per heavy atom. The van der Waals surface area contributed by atoms with Gasteiger partial charge in [-0.05, 0) is 48.2 Å². The summed E-state index contributed by atoms with van der Waals surface area (Å²) in [6, 6.07) is 15.6. The molecule has 1 amide bonds. The first kappa shape index (κ1) is 26.3. The molecule has 1 aliphatic heterocycles. The van der Waals surface area contributed by atoms with Crippen molar-refractivity contribution in [2.24, 2.45) is 0 Å². The second kappa shape index (κ2) is 10.8. The average Bonchev–Trinajstić information content (AvgIpc) is 2.91. The number of sulfonamides is 1. The maximum absolute atomic E-state index is 15.1. The highest BCUT2D eigenvalue weighted by atomic mass is 32.2. The zero-order valence-electron chi connectivity index (χ0n) is 20.6. The summed E-state index contributed by atoms with van der Waals surface area (Å²) in [6.45, 7) is 0.825. The molecular formula is C27H25F2N5O4S. The number of amides is 1. The van der Waals surface area contributed by atoms with Gasteiger partial charge in [-0.25, -0.2) is 32.0 Å². The van der Waals surface area contributed by atoms with Gasteiger partial charge in [-0.1, -0.05) is 36.4 Å². The minimum atomic E-state index is -3.97. The van der Waals surface area contributed by atoms with E-state index in [9.17, 15) is 22.7 Å². The van der Waals surface area contributed by atoms with Crippen LogP contribution in [0.25, 0.3) is 22.0 Å². The van der Waals surface area contributed by atoms with E-state index in [1.165, 1.54) is 17.0 Å². The summed E-state index contributed by atoms with van der Waals surface area (Å²) in [4.78, 5) is 21.4. The first-order valence-electron chi connectivity index (χ1n) is 12.2. The monoisotopic (exact) mass is 553 g/mol. The molecule has 5 rings (SSSR count). The molecule has 1 fully saturated rings. The van der Waals surface area contributed by atoms with Crippen molar-refractivity contribution in [1.82, 2.24) is 14.9 Å². The van der Waals surface area contributed by atoms with Crippen molar-refractivity contribution in [3.63, 3.8) is 0 Å². The number of carboxylic acid groups (broad SMARTS) is 1. The lowest BCUT2D eigenvalue weighted by Crippen LogP contribution is -2.44. The van der Waals surface area contributed by atoms with Crippen molar-refractivity contribution >= 4 is 38.7 Å². The number of hydrogen-bond donors (Lipinski definition) is 3. The molecule has 3 aromatic carbocycles. The van der Waals surface area contributed by atoms with Gasteiger partial charge in [-0.2, -0.15) is 0 Å². The number of hydrogen-bond acceptors (Lipinski definition) is 6. The normalized spacial score (nSPS) is 15.7. The van der Waals surface area contributed by atoms with E-state index in [1.807, 2.05) is 0 Å². The van der Waals surface area contributed by atoms with Crippen LogP contribution in [0.5, 0.6) is 0 Å². The van der Waals surface area contributed by atoms with Gasteiger partial charge < -0.3 is 15.3 Å². The van der Waals surface area contributed by atoms with Gasteiger partial charge in [0, 0.05) is 36.3 Å². The van der Waals surface area contributed by atoms with E-state index in [1.54, 1.807) is 54.7 Å². The van der Waals surface area contributed by atoms with Gasteiger partial charge in [0.25, 0.3) is 0 Å². The van der Waals surface area contributed by atoms with Crippen molar-refractivity contribution in [1.29, 1.82) is 0 Å². The molecule has 12 heteroatoms. The van der Waals surface area contributed by atoms with Gasteiger partial charge in [0.1, 0.15) is 0 Å². The summed E-state index contributed by atoms with van der Waals surface area (Å²) in [6.07, 6.45) is 2.10. The third kappa shape index (κ3) is 6.06. The van der Waals surface area contributed by atoms with E-state index in [0.717, 1.165) is 12.8 Å². The molecule has 0 radical (unpaired) electrons. The molecule has 1 aromatic heterocycles. The maximum Gasteiger partial charge on any atom is 0.407 e. The second-order valence-electron chi connectivity index (χ2n) is 9.31. The van der Waals surface area contributed by atoms with Crippen LogP contribution in [0.2, 0.25) is 0 Å². The van der Waals surface area contributed by atoms with E-state index in [0.29, 0.717) is 41.1 Å². The minimum absolute atomic E-state index is 0.0430. The Labute approximate surface area is 223 Å². The highest BCUT2D eigenvalue weighted by Crippen LogP contribution is 2.31. The van der Waals surface area contributed by atoms with Gasteiger partial charge in [-0.15, -0.1) is 0 Å². The Morgan fingerprint density at radius 3 is 2.64 bits per heavy atom. The standard InChI is InChI=1S/C27H25F2N5O4S/c28-24-21(9-11-23(25(24)29)33-39(37,38)16-17-5-2-1-3-6-17)18-8-10-22-19(13-18)14-30-26(32-22)31-20-7-4-12-34(15-20)27(35)36/h1-3,5-6,8-11,13-14,20,33H,4,7,12,15-16H2,(H,35,36)(H,30,31,32)/t20-/m0/s1. The number of halogens is 2. The molecular weight excluding hydrogens is 528 g/mol. The quantitative estimate of drug-likeness (QED) is 0.292. The Bertz CT molecular complexity index is 1640. The highest BCUT2D eigenvalue weighted by molar-refractivity contribution is 7.91. The molecule has 1 atom stereocenters. The molecule has 4 aromatic rings. The van der Waals surface area contributed by atoms with E-state index >= 15 is 4.39 Å². The number of aromatic nitrogens is 2. The molecule has 0 aliphatic carbocycles. The molecule has 3 N–H and O–H groups in total. The van der Waals surface area contributed by atoms with Gasteiger partial charge in [0.2, 0.25) is 16.0 Å². The smallest absolute Gasteiger partial charge is 0.407 e. The largest absolute Gasteiger partial charge is 0.465 e. The summed E-state index contributed by atoms with van der Waals surface area (Å²) < 4.78 is 57.1. The Kier molecular flexibility index (Phi) is 7.29. The zero-order chi connectivity index (χ0) is 27.6. The van der Waals surface area contributed by atoms with Gasteiger partial charge >= 0.3 is 6.09 Å². The van der Waals surface area contributed by atoms with Gasteiger partial charge in [0.05, 0.1) is 17.0 Å². The molecule has 0 spiro atoms. The fourth-order valence-corrected chi connectivity index (χ4v) is 5.77. The van der Waals surface area contributed by atoms with Crippen molar-refractivity contribution < 1.29 is 27.1 Å². The Morgan fingerprint density at radius 1 is 1.08 bits per heavy atom. The molecule has 202 valence electrons. The fraction of sp³-hybridized carbons (Fsp3) is 0.222. The third-order valence-electron chi connectivity index (χ3n) is 6.46. The average molecular weight is 554 g/mol. The number of piperidine rings is 1. The van der Waals surface area contributed by atoms with Crippen LogP contribution in [0.4, 0.5) is 25.2 Å². The number of likely N-dealkylation sites (tertiary alicyclic amines) is 1. The predicted octanol–water partition coefficient (Wildman–Crippen LogP) is 5.07. The Hall–Kier alpha value is -4.32. The van der Waals surface area contributed by atoms with Crippen molar-refractivity contribution in [2.75, 3.05) is 23.1 Å². The number of carbonyl (C=O) groups is 1. The Balaban J connectivity index is 1.33. The van der Waals surface area contributed by atoms with E-state index < -0.39 is 33.4 Å². The number of nitrogens with one attached hydrogen (secondary N) is 2. The lowest BCUT2D eigenvalue weighted by atomic mass is 10.0. The number of fused-ring (bicyclic) bond motifs is 1. The van der Waals surface area contributed by atoms with Crippen LogP contribution in [0, 0.1) is 11.6 Å². The van der Waals surface area contributed by atoms with Crippen LogP contribution in [-0.4, -0.2) is 53.6 Å². The molecule has 1 aliphatic rings. The van der Waals surface area contributed by atoms with Crippen LogP contribution < -0.4 is 10.0 Å². The van der Waals surface area contributed by atoms with Crippen molar-refractivity contribution in [3.8, 4) is 11.1 Å². The summed E-state index contributed by atoms with van der Waals surface area (Å²) in [5, 5.41) is 13.0. The fourth-order valence-electron chi connectivity index (χ4n) is 4.57. The maximum atomic E-state index is 15.1. The summed E-state index contributed by atoms with van der Waals surface area (Å²) in [5.41, 5.74) is 0.926. The molecule has 0 bridgehead atoms. The van der Waals surface area contributed by atoms with Crippen molar-refractivity contribution in [3.05, 3.63) is 84.1 Å². The summed E-state index contributed by atoms with van der Waals surface area (Å²) in [5.74, 6) is -2.52. The number of rotatable bonds is 7. The molecule has 0 unspecified atom stereocenters. The third-order valence-corrected chi connectivity index (χ3v) is 7.71. The van der Waals surface area contributed by atoms with Crippen LogP contribution in [0.15, 0.2) is 66.9 Å². The van der Waals surface area contributed by atoms with Crippen molar-refractivity contribution in [2.45, 2.75) is 24.6 Å². The zero-order valence-corrected chi connectivity index (χ0v) is 21.5. The highest BCUT2D eigenvalue weighted by Gasteiger charge is 2.24. The first-order valence-corrected chi connectivity index (χ1v) is 13.9. The van der Waals surface area contributed by atoms with Crippen LogP contribution in [0.1, 0.15) is 18.4 Å². The van der Waals surface area contributed by atoms with Crippen LogP contribution in [0.3, 0.4) is 0 Å². The van der Waals surface area contributed by atoms with Gasteiger partial charge in [0.15, 0.2) is 11.6 Å². The van der Waals surface area contributed by atoms with E-state index in [2.05, 4.69) is 20.0 Å². The molecule has 0 saturated carbocycles. The lowest BCUT2D eigenvalue weighted by Gasteiger charge is -2.31. The number of benzene rings is 3. The molecule has 9 nitrogen and oxygen atoms in total.